The second-order valence-corrected chi connectivity index (χ2v) is 6.34. The summed E-state index contributed by atoms with van der Waals surface area (Å²) in [5.74, 6) is -0.594. The molecule has 0 unspecified atom stereocenters. The van der Waals surface area contributed by atoms with Gasteiger partial charge in [-0.2, -0.15) is 8.42 Å². The molecule has 0 amide bonds. The predicted molar refractivity (Wildman–Crippen MR) is 77.1 cm³/mol. The molecular weight excluding hydrogens is 367 g/mol. The van der Waals surface area contributed by atoms with Gasteiger partial charge in [-0.15, -0.1) is 5.10 Å². The number of benzene rings is 1. The van der Waals surface area contributed by atoms with E-state index in [9.17, 15) is 12.8 Å². The number of hydrogen-bond acceptors (Lipinski definition) is 5. The molecule has 1 aromatic heterocycles. The quantitative estimate of drug-likeness (QED) is 0.858. The molecule has 0 radical (unpaired) electrons. The molecule has 1 heterocycles. The average Bonchev–Trinajstić information content (AvgIpc) is 2.73. The second kappa shape index (κ2) is 5.98. The predicted octanol–water partition coefficient (Wildman–Crippen LogP) is 1.92. The minimum atomic E-state index is -3.94. The Balaban J connectivity index is 2.31. The normalized spacial score (nSPS) is 11.4. The van der Waals surface area contributed by atoms with Gasteiger partial charge in [0.05, 0.1) is 12.3 Å². The Morgan fingerprint density at radius 2 is 2.19 bits per heavy atom. The first-order chi connectivity index (χ1) is 9.85. The molecule has 1 N–H and O–H groups in total. The molecule has 0 bridgehead atoms. The summed E-state index contributed by atoms with van der Waals surface area (Å²) in [6, 6.07) is 3.80. The Morgan fingerprint density at radius 1 is 1.48 bits per heavy atom. The van der Waals surface area contributed by atoms with Crippen LogP contribution >= 0.6 is 15.9 Å². The van der Waals surface area contributed by atoms with E-state index in [1.54, 1.807) is 6.92 Å². The van der Waals surface area contributed by atoms with Gasteiger partial charge in [-0.25, -0.2) is 9.07 Å². The highest BCUT2D eigenvalue weighted by molar-refractivity contribution is 9.10. The van der Waals surface area contributed by atoms with Crippen LogP contribution in [0.4, 0.5) is 10.1 Å². The van der Waals surface area contributed by atoms with E-state index in [0.29, 0.717) is 6.61 Å². The van der Waals surface area contributed by atoms with Gasteiger partial charge in [0.1, 0.15) is 0 Å². The molecule has 10 heteroatoms. The summed E-state index contributed by atoms with van der Waals surface area (Å²) in [7, 11) is -2.50. The fraction of sp³-hybridized carbons (Fsp3) is 0.273. The summed E-state index contributed by atoms with van der Waals surface area (Å²) in [5.41, 5.74) is 0.0732. The lowest BCUT2D eigenvalue weighted by Crippen LogP contribution is -2.17. The number of nitrogens with zero attached hydrogens (tertiary/aromatic N) is 3. The van der Waals surface area contributed by atoms with Crippen molar-refractivity contribution < 1.29 is 17.5 Å². The molecule has 0 saturated carbocycles. The first-order valence-corrected chi connectivity index (χ1v) is 8.13. The molecule has 2 rings (SSSR count). The summed E-state index contributed by atoms with van der Waals surface area (Å²) in [5, 5.41) is 7.03. The number of hydrogen-bond donors (Lipinski definition) is 1. The second-order valence-electron chi connectivity index (χ2n) is 3.99. The maximum absolute atomic E-state index is 13.7. The summed E-state index contributed by atoms with van der Waals surface area (Å²) in [6.07, 6.45) is 0. The Morgan fingerprint density at radius 3 is 2.71 bits per heavy atom. The van der Waals surface area contributed by atoms with E-state index in [-0.39, 0.29) is 21.1 Å². The molecule has 0 saturated heterocycles. The lowest BCUT2D eigenvalue weighted by Gasteiger charge is -2.10. The largest absolute Gasteiger partial charge is 0.491 e. The third kappa shape index (κ3) is 3.32. The number of nitrogens with one attached hydrogen (secondary N) is 1. The van der Waals surface area contributed by atoms with Gasteiger partial charge in [0, 0.05) is 13.1 Å². The van der Waals surface area contributed by atoms with Crippen molar-refractivity contribution in [2.75, 3.05) is 11.3 Å². The van der Waals surface area contributed by atoms with Crippen molar-refractivity contribution in [1.82, 2.24) is 15.0 Å². The standard InChI is InChI=1S/C11H12BrFN4O3S/c1-3-20-9-5-4-7(6-8(9)13)15-21(18,19)11-10(12)14-16-17(11)2/h4-6,15H,3H2,1-2H3. The SMILES string of the molecule is CCOc1ccc(NS(=O)(=O)c2c(Br)nnn2C)cc1F. The molecule has 21 heavy (non-hydrogen) atoms. The Hall–Kier alpha value is -1.68. The Labute approximate surface area is 129 Å². The summed E-state index contributed by atoms with van der Waals surface area (Å²) >= 11 is 3.01. The minimum absolute atomic E-state index is 0.0591. The van der Waals surface area contributed by atoms with Crippen LogP contribution in [0.3, 0.4) is 0 Å². The van der Waals surface area contributed by atoms with Crippen molar-refractivity contribution in [3.05, 3.63) is 28.6 Å². The first-order valence-electron chi connectivity index (χ1n) is 5.85. The van der Waals surface area contributed by atoms with Crippen molar-refractivity contribution in [3.63, 3.8) is 0 Å². The van der Waals surface area contributed by atoms with E-state index in [1.165, 1.54) is 19.2 Å². The highest BCUT2D eigenvalue weighted by atomic mass is 79.9. The molecule has 1 aromatic carbocycles. The van der Waals surface area contributed by atoms with Crippen LogP contribution in [-0.4, -0.2) is 30.0 Å². The topological polar surface area (TPSA) is 86.1 Å². The smallest absolute Gasteiger partial charge is 0.281 e. The van der Waals surface area contributed by atoms with E-state index in [2.05, 4.69) is 31.0 Å². The first kappa shape index (κ1) is 15.7. The van der Waals surface area contributed by atoms with Crippen LogP contribution < -0.4 is 9.46 Å². The van der Waals surface area contributed by atoms with Gasteiger partial charge in [0.15, 0.2) is 16.2 Å². The van der Waals surface area contributed by atoms with Gasteiger partial charge in [-0.05, 0) is 35.0 Å². The molecule has 7 nitrogen and oxygen atoms in total. The third-order valence-electron chi connectivity index (χ3n) is 2.48. The van der Waals surface area contributed by atoms with E-state index < -0.39 is 15.8 Å². The lowest BCUT2D eigenvalue weighted by molar-refractivity contribution is 0.321. The van der Waals surface area contributed by atoms with Gasteiger partial charge in [0.25, 0.3) is 10.0 Å². The number of anilines is 1. The van der Waals surface area contributed by atoms with E-state index >= 15 is 0 Å². The minimum Gasteiger partial charge on any atom is -0.491 e. The van der Waals surface area contributed by atoms with E-state index in [1.807, 2.05) is 0 Å². The average molecular weight is 379 g/mol. The van der Waals surface area contributed by atoms with Crippen LogP contribution in [0.25, 0.3) is 0 Å². The molecule has 0 fully saturated rings. The van der Waals surface area contributed by atoms with Crippen LogP contribution in [0.5, 0.6) is 5.75 Å². The number of halogens is 2. The Bertz CT molecular complexity index is 743. The number of aromatic nitrogens is 3. The molecular formula is C11H12BrFN4O3S. The fourth-order valence-corrected chi connectivity index (χ4v) is 3.80. The van der Waals surface area contributed by atoms with Gasteiger partial charge >= 0.3 is 0 Å². The van der Waals surface area contributed by atoms with E-state index in [4.69, 9.17) is 4.74 Å². The van der Waals surface area contributed by atoms with Crippen molar-refractivity contribution in [3.8, 4) is 5.75 Å². The van der Waals surface area contributed by atoms with Gasteiger partial charge in [-0.1, -0.05) is 5.21 Å². The number of rotatable bonds is 5. The highest BCUT2D eigenvalue weighted by Gasteiger charge is 2.24. The van der Waals surface area contributed by atoms with Gasteiger partial charge in [-0.3, -0.25) is 4.72 Å². The molecule has 0 aliphatic heterocycles. The zero-order valence-electron chi connectivity index (χ0n) is 11.2. The lowest BCUT2D eigenvalue weighted by atomic mass is 10.3. The van der Waals surface area contributed by atoms with Gasteiger partial charge < -0.3 is 4.74 Å². The summed E-state index contributed by atoms with van der Waals surface area (Å²) < 4.78 is 46.6. The molecule has 2 aromatic rings. The van der Waals surface area contributed by atoms with Crippen molar-refractivity contribution >= 4 is 31.6 Å². The van der Waals surface area contributed by atoms with Crippen molar-refractivity contribution in [2.45, 2.75) is 11.9 Å². The van der Waals surface area contributed by atoms with Crippen LogP contribution in [0.2, 0.25) is 0 Å². The van der Waals surface area contributed by atoms with Crippen LogP contribution in [0.1, 0.15) is 6.92 Å². The Kier molecular flexibility index (Phi) is 4.47. The molecule has 0 aliphatic carbocycles. The fourth-order valence-electron chi connectivity index (χ4n) is 1.65. The zero-order chi connectivity index (χ0) is 15.6. The molecule has 0 spiro atoms. The number of sulfonamides is 1. The number of aryl methyl sites for hydroxylation is 1. The summed E-state index contributed by atoms with van der Waals surface area (Å²) in [4.78, 5) is 0. The van der Waals surface area contributed by atoms with Crippen molar-refractivity contribution in [1.29, 1.82) is 0 Å². The zero-order valence-corrected chi connectivity index (χ0v) is 13.6. The summed E-state index contributed by atoms with van der Waals surface area (Å²) in [6.45, 7) is 2.04. The van der Waals surface area contributed by atoms with Crippen LogP contribution in [0, 0.1) is 5.82 Å². The monoisotopic (exact) mass is 378 g/mol. The molecule has 114 valence electrons. The maximum atomic E-state index is 13.7. The van der Waals surface area contributed by atoms with Crippen LogP contribution in [-0.2, 0) is 17.1 Å². The number of ether oxygens (including phenoxy) is 1. The highest BCUT2D eigenvalue weighted by Crippen LogP contribution is 2.25. The van der Waals surface area contributed by atoms with E-state index in [0.717, 1.165) is 10.7 Å². The van der Waals surface area contributed by atoms with Gasteiger partial charge in [0.2, 0.25) is 5.03 Å². The van der Waals surface area contributed by atoms with Crippen LogP contribution in [0.15, 0.2) is 27.8 Å². The maximum Gasteiger partial charge on any atom is 0.281 e. The van der Waals surface area contributed by atoms with Crippen molar-refractivity contribution in [2.24, 2.45) is 7.05 Å². The molecule has 0 aliphatic rings. The molecule has 0 atom stereocenters. The third-order valence-corrected chi connectivity index (χ3v) is 4.74.